The largest absolute Gasteiger partial charge is 0.490 e. The highest BCUT2D eigenvalue weighted by atomic mass is 16.5. The molecule has 0 atom stereocenters. The number of ether oxygens (including phenoxy) is 1. The molecular weight excluding hydrogens is 228 g/mol. The Kier molecular flexibility index (Phi) is 4.23. The predicted octanol–water partition coefficient (Wildman–Crippen LogP) is 2.15. The second-order valence-electron chi connectivity index (χ2n) is 4.67. The molecule has 0 bridgehead atoms. The Morgan fingerprint density at radius 1 is 1.39 bits per heavy atom. The summed E-state index contributed by atoms with van der Waals surface area (Å²) in [6.07, 6.45) is 5.34. The van der Waals surface area contributed by atoms with Crippen LogP contribution in [0.15, 0.2) is 6.33 Å². The first-order valence-corrected chi connectivity index (χ1v) is 6.61. The lowest BCUT2D eigenvalue weighted by molar-refractivity contribution is 0.382. The number of piperidine rings is 1. The maximum atomic E-state index is 5.44. The Hall–Kier alpha value is -1.52. The zero-order valence-corrected chi connectivity index (χ0v) is 11.4. The summed E-state index contributed by atoms with van der Waals surface area (Å²) in [5.41, 5.74) is 0. The van der Waals surface area contributed by atoms with Crippen LogP contribution in [0.2, 0.25) is 0 Å². The first-order chi connectivity index (χ1) is 8.80. The second kappa shape index (κ2) is 5.89. The highest BCUT2D eigenvalue weighted by Gasteiger charge is 2.23. The van der Waals surface area contributed by atoms with Crippen LogP contribution in [-0.4, -0.2) is 37.2 Å². The van der Waals surface area contributed by atoms with Gasteiger partial charge in [0.2, 0.25) is 5.75 Å². The van der Waals surface area contributed by atoms with Gasteiger partial charge in [-0.05, 0) is 18.8 Å². The zero-order chi connectivity index (χ0) is 13.0. The van der Waals surface area contributed by atoms with Crippen LogP contribution in [0.25, 0.3) is 0 Å². The number of aromatic nitrogens is 2. The van der Waals surface area contributed by atoms with Crippen molar-refractivity contribution in [2.75, 3.05) is 37.5 Å². The summed E-state index contributed by atoms with van der Waals surface area (Å²) in [7, 11) is 3.51. The van der Waals surface area contributed by atoms with E-state index in [0.717, 1.165) is 36.4 Å². The quantitative estimate of drug-likeness (QED) is 0.887. The third-order valence-corrected chi connectivity index (χ3v) is 3.72. The van der Waals surface area contributed by atoms with Crippen LogP contribution in [0.1, 0.15) is 26.2 Å². The molecule has 0 radical (unpaired) electrons. The third-order valence-electron chi connectivity index (χ3n) is 3.72. The first kappa shape index (κ1) is 12.9. The molecule has 1 aliphatic heterocycles. The highest BCUT2D eigenvalue weighted by molar-refractivity contribution is 5.64. The summed E-state index contributed by atoms with van der Waals surface area (Å²) in [6.45, 7) is 4.37. The molecule has 18 heavy (non-hydrogen) atoms. The predicted molar refractivity (Wildman–Crippen MR) is 73.4 cm³/mol. The molecular formula is C13H22N4O. The van der Waals surface area contributed by atoms with Gasteiger partial charge < -0.3 is 15.0 Å². The fourth-order valence-electron chi connectivity index (χ4n) is 2.51. The van der Waals surface area contributed by atoms with E-state index in [1.807, 2.05) is 7.05 Å². The van der Waals surface area contributed by atoms with E-state index in [2.05, 4.69) is 27.1 Å². The Morgan fingerprint density at radius 3 is 2.67 bits per heavy atom. The summed E-state index contributed by atoms with van der Waals surface area (Å²) in [5.74, 6) is 3.26. The minimum absolute atomic E-state index is 0.745. The van der Waals surface area contributed by atoms with Gasteiger partial charge in [0.25, 0.3) is 0 Å². The van der Waals surface area contributed by atoms with Crippen molar-refractivity contribution >= 4 is 11.6 Å². The molecule has 2 rings (SSSR count). The van der Waals surface area contributed by atoms with Gasteiger partial charge in [-0.15, -0.1) is 0 Å². The molecule has 0 spiro atoms. The van der Waals surface area contributed by atoms with E-state index in [-0.39, 0.29) is 0 Å². The van der Waals surface area contributed by atoms with Gasteiger partial charge in [0.1, 0.15) is 6.33 Å². The normalized spacial score (nSPS) is 16.7. The van der Waals surface area contributed by atoms with Gasteiger partial charge in [0, 0.05) is 20.1 Å². The van der Waals surface area contributed by atoms with Gasteiger partial charge in [-0.3, -0.25) is 0 Å². The number of rotatable bonds is 4. The van der Waals surface area contributed by atoms with Crippen LogP contribution in [0.3, 0.4) is 0 Å². The highest BCUT2D eigenvalue weighted by Crippen LogP contribution is 2.34. The Labute approximate surface area is 109 Å². The molecule has 1 aliphatic rings. The minimum Gasteiger partial charge on any atom is -0.490 e. The van der Waals surface area contributed by atoms with Gasteiger partial charge in [-0.1, -0.05) is 13.3 Å². The van der Waals surface area contributed by atoms with E-state index in [1.165, 1.54) is 19.3 Å². The summed E-state index contributed by atoms with van der Waals surface area (Å²) in [6, 6.07) is 0. The van der Waals surface area contributed by atoms with Gasteiger partial charge in [-0.2, -0.15) is 0 Å². The van der Waals surface area contributed by atoms with Gasteiger partial charge in [0.05, 0.1) is 7.11 Å². The lowest BCUT2D eigenvalue weighted by Gasteiger charge is -2.33. The van der Waals surface area contributed by atoms with Crippen molar-refractivity contribution < 1.29 is 4.74 Å². The maximum Gasteiger partial charge on any atom is 0.204 e. The van der Waals surface area contributed by atoms with Gasteiger partial charge >= 0.3 is 0 Å². The number of hydrogen-bond acceptors (Lipinski definition) is 5. The molecule has 1 aromatic heterocycles. The molecule has 0 aromatic carbocycles. The van der Waals surface area contributed by atoms with Crippen molar-refractivity contribution in [3.05, 3.63) is 6.33 Å². The number of anilines is 2. The fourth-order valence-corrected chi connectivity index (χ4v) is 2.51. The smallest absolute Gasteiger partial charge is 0.204 e. The topological polar surface area (TPSA) is 50.3 Å². The lowest BCUT2D eigenvalue weighted by Crippen LogP contribution is -2.34. The summed E-state index contributed by atoms with van der Waals surface area (Å²) in [4.78, 5) is 10.9. The SMILES string of the molecule is CCC1CCN(c2ncnc(NC)c2OC)CC1. The first-order valence-electron chi connectivity index (χ1n) is 6.61. The minimum atomic E-state index is 0.745. The lowest BCUT2D eigenvalue weighted by atomic mass is 9.94. The van der Waals surface area contributed by atoms with Crippen LogP contribution < -0.4 is 15.0 Å². The van der Waals surface area contributed by atoms with E-state index >= 15 is 0 Å². The van der Waals surface area contributed by atoms with Crippen LogP contribution in [0.4, 0.5) is 11.6 Å². The van der Waals surface area contributed by atoms with Gasteiger partial charge in [-0.25, -0.2) is 9.97 Å². The molecule has 1 N–H and O–H groups in total. The van der Waals surface area contributed by atoms with E-state index in [0.29, 0.717) is 0 Å². The Bertz CT molecular complexity index is 389. The zero-order valence-electron chi connectivity index (χ0n) is 11.4. The average molecular weight is 250 g/mol. The van der Waals surface area contributed by atoms with Crippen molar-refractivity contribution in [2.45, 2.75) is 26.2 Å². The molecule has 2 heterocycles. The van der Waals surface area contributed by atoms with Crippen LogP contribution in [-0.2, 0) is 0 Å². The summed E-state index contributed by atoms with van der Waals surface area (Å²) in [5, 5.41) is 3.04. The van der Waals surface area contributed by atoms with Crippen molar-refractivity contribution in [3.8, 4) is 5.75 Å². The van der Waals surface area contributed by atoms with Crippen molar-refractivity contribution in [3.63, 3.8) is 0 Å². The van der Waals surface area contributed by atoms with Gasteiger partial charge in [0.15, 0.2) is 11.6 Å². The number of nitrogens with zero attached hydrogens (tertiary/aromatic N) is 3. The summed E-state index contributed by atoms with van der Waals surface area (Å²) >= 11 is 0. The molecule has 1 aromatic rings. The van der Waals surface area contributed by atoms with Crippen molar-refractivity contribution in [1.82, 2.24) is 9.97 Å². The second-order valence-corrected chi connectivity index (χ2v) is 4.67. The number of nitrogens with one attached hydrogen (secondary N) is 1. The monoisotopic (exact) mass is 250 g/mol. The molecule has 1 saturated heterocycles. The molecule has 0 saturated carbocycles. The third kappa shape index (κ3) is 2.49. The average Bonchev–Trinajstić information content (AvgIpc) is 2.46. The molecule has 0 unspecified atom stereocenters. The number of methoxy groups -OCH3 is 1. The number of hydrogen-bond donors (Lipinski definition) is 1. The van der Waals surface area contributed by atoms with E-state index in [4.69, 9.17) is 4.74 Å². The fraction of sp³-hybridized carbons (Fsp3) is 0.692. The molecule has 0 aliphatic carbocycles. The Balaban J connectivity index is 2.18. The molecule has 5 heteroatoms. The summed E-state index contributed by atoms with van der Waals surface area (Å²) < 4.78 is 5.44. The van der Waals surface area contributed by atoms with E-state index < -0.39 is 0 Å². The van der Waals surface area contributed by atoms with E-state index in [1.54, 1.807) is 13.4 Å². The standard InChI is InChI=1S/C13H22N4O/c1-4-10-5-7-17(8-6-10)13-11(18-3)12(14-2)15-9-16-13/h9-10H,4-8H2,1-3H3,(H,14,15,16). The van der Waals surface area contributed by atoms with E-state index in [9.17, 15) is 0 Å². The molecule has 0 amide bonds. The van der Waals surface area contributed by atoms with Crippen LogP contribution in [0.5, 0.6) is 5.75 Å². The molecule has 5 nitrogen and oxygen atoms in total. The van der Waals surface area contributed by atoms with Crippen LogP contribution >= 0.6 is 0 Å². The molecule has 1 fully saturated rings. The van der Waals surface area contributed by atoms with Crippen molar-refractivity contribution in [2.24, 2.45) is 5.92 Å². The Morgan fingerprint density at radius 2 is 2.11 bits per heavy atom. The maximum absolute atomic E-state index is 5.44. The van der Waals surface area contributed by atoms with Crippen LogP contribution in [0, 0.1) is 5.92 Å². The van der Waals surface area contributed by atoms with Crippen molar-refractivity contribution in [1.29, 1.82) is 0 Å². The molecule has 100 valence electrons.